The van der Waals surface area contributed by atoms with Crippen LogP contribution in [0.5, 0.6) is 0 Å². The molecule has 0 unspecified atom stereocenters. The molecule has 0 saturated carbocycles. The zero-order valence-corrected chi connectivity index (χ0v) is 12.6. The van der Waals surface area contributed by atoms with E-state index < -0.39 is 0 Å². The molecule has 0 atom stereocenters. The van der Waals surface area contributed by atoms with E-state index in [1.54, 1.807) is 0 Å². The minimum Gasteiger partial charge on any atom is -0.378 e. The third-order valence-corrected chi connectivity index (χ3v) is 3.87. The van der Waals surface area contributed by atoms with Crippen molar-refractivity contribution < 1.29 is 4.74 Å². The molecule has 3 nitrogen and oxygen atoms in total. The van der Waals surface area contributed by atoms with Gasteiger partial charge in [-0.1, -0.05) is 33.8 Å². The Morgan fingerprint density at radius 1 is 1.05 bits per heavy atom. The molecule has 0 aliphatic carbocycles. The maximum Gasteiger partial charge on any atom is 0.128 e. The lowest BCUT2D eigenvalue weighted by atomic mass is 9.83. The first-order chi connectivity index (χ1) is 9.09. The Morgan fingerprint density at radius 2 is 1.68 bits per heavy atom. The average Bonchev–Trinajstić information content (AvgIpc) is 2.39. The van der Waals surface area contributed by atoms with Crippen LogP contribution in [-0.2, 0) is 4.74 Å². The van der Waals surface area contributed by atoms with E-state index in [4.69, 9.17) is 9.72 Å². The van der Waals surface area contributed by atoms with E-state index in [-0.39, 0.29) is 0 Å². The lowest BCUT2D eigenvalue weighted by Gasteiger charge is -2.30. The lowest BCUT2D eigenvalue weighted by molar-refractivity contribution is 0.122. The molecule has 0 radical (unpaired) electrons. The van der Waals surface area contributed by atoms with Crippen LogP contribution in [0, 0.1) is 11.8 Å². The van der Waals surface area contributed by atoms with Gasteiger partial charge in [-0.2, -0.15) is 0 Å². The first-order valence-corrected chi connectivity index (χ1v) is 7.39. The largest absolute Gasteiger partial charge is 0.378 e. The van der Waals surface area contributed by atoms with Gasteiger partial charge in [-0.25, -0.2) is 4.98 Å². The first-order valence-electron chi connectivity index (χ1n) is 7.39. The zero-order chi connectivity index (χ0) is 13.8. The molecule has 2 rings (SSSR count). The second-order valence-electron chi connectivity index (χ2n) is 6.03. The van der Waals surface area contributed by atoms with Crippen LogP contribution in [0.1, 0.15) is 39.3 Å². The normalized spacial score (nSPS) is 16.7. The fourth-order valence-electron chi connectivity index (χ4n) is 3.05. The maximum absolute atomic E-state index is 5.41. The van der Waals surface area contributed by atoms with Crippen molar-refractivity contribution in [2.24, 2.45) is 11.8 Å². The highest BCUT2D eigenvalue weighted by Gasteiger charge is 2.22. The van der Waals surface area contributed by atoms with E-state index in [2.05, 4.69) is 50.8 Å². The molecule has 19 heavy (non-hydrogen) atoms. The summed E-state index contributed by atoms with van der Waals surface area (Å²) in [6.07, 6.45) is 0. The lowest BCUT2D eigenvalue weighted by Crippen LogP contribution is -2.37. The summed E-state index contributed by atoms with van der Waals surface area (Å²) < 4.78 is 5.41. The van der Waals surface area contributed by atoms with Crippen LogP contribution in [0.2, 0.25) is 0 Å². The standard InChI is InChI=1S/C16H26N2O/c1-12(2)16(13(3)4)14-6-5-7-15(17-14)18-8-10-19-11-9-18/h5-7,12-13,16H,8-11H2,1-4H3. The zero-order valence-electron chi connectivity index (χ0n) is 12.6. The molecular formula is C16H26N2O. The third kappa shape index (κ3) is 3.47. The topological polar surface area (TPSA) is 25.4 Å². The Morgan fingerprint density at radius 3 is 2.26 bits per heavy atom. The molecule has 106 valence electrons. The quantitative estimate of drug-likeness (QED) is 0.832. The highest BCUT2D eigenvalue weighted by Crippen LogP contribution is 2.31. The van der Waals surface area contributed by atoms with Gasteiger partial charge in [0.15, 0.2) is 0 Å². The second kappa shape index (κ2) is 6.38. The van der Waals surface area contributed by atoms with Crippen molar-refractivity contribution in [2.45, 2.75) is 33.6 Å². The summed E-state index contributed by atoms with van der Waals surface area (Å²) in [5.41, 5.74) is 1.23. The van der Waals surface area contributed by atoms with Crippen LogP contribution in [0.4, 0.5) is 5.82 Å². The smallest absolute Gasteiger partial charge is 0.128 e. The van der Waals surface area contributed by atoms with Gasteiger partial charge in [0.1, 0.15) is 5.82 Å². The van der Waals surface area contributed by atoms with E-state index in [0.717, 1.165) is 32.1 Å². The van der Waals surface area contributed by atoms with Gasteiger partial charge in [0.05, 0.1) is 13.2 Å². The molecule has 1 fully saturated rings. The van der Waals surface area contributed by atoms with Crippen LogP contribution < -0.4 is 4.90 Å². The van der Waals surface area contributed by atoms with Crippen LogP contribution >= 0.6 is 0 Å². The third-order valence-electron chi connectivity index (χ3n) is 3.87. The summed E-state index contributed by atoms with van der Waals surface area (Å²) in [7, 11) is 0. The fourth-order valence-corrected chi connectivity index (χ4v) is 3.05. The Hall–Kier alpha value is -1.09. The number of anilines is 1. The van der Waals surface area contributed by atoms with Gasteiger partial charge in [-0.3, -0.25) is 0 Å². The van der Waals surface area contributed by atoms with Gasteiger partial charge in [0.25, 0.3) is 0 Å². The number of rotatable bonds is 4. The molecular weight excluding hydrogens is 236 g/mol. The first kappa shape index (κ1) is 14.3. The average molecular weight is 262 g/mol. The van der Waals surface area contributed by atoms with E-state index in [0.29, 0.717) is 17.8 Å². The van der Waals surface area contributed by atoms with Crippen molar-refractivity contribution in [2.75, 3.05) is 31.2 Å². The molecule has 0 amide bonds. The SMILES string of the molecule is CC(C)C(c1cccc(N2CCOCC2)n1)C(C)C. The van der Waals surface area contributed by atoms with Crippen LogP contribution in [0.3, 0.4) is 0 Å². The Kier molecular flexibility index (Phi) is 4.81. The van der Waals surface area contributed by atoms with Gasteiger partial charge in [0, 0.05) is 24.7 Å². The number of morpholine rings is 1. The van der Waals surface area contributed by atoms with Crippen molar-refractivity contribution in [1.82, 2.24) is 4.98 Å². The van der Waals surface area contributed by atoms with Gasteiger partial charge in [-0.05, 0) is 24.0 Å². The van der Waals surface area contributed by atoms with Gasteiger partial charge in [-0.15, -0.1) is 0 Å². The fraction of sp³-hybridized carbons (Fsp3) is 0.688. The molecule has 3 heteroatoms. The molecule has 2 heterocycles. The molecule has 1 aliphatic heterocycles. The van der Waals surface area contributed by atoms with E-state index >= 15 is 0 Å². The minimum absolute atomic E-state index is 0.529. The van der Waals surface area contributed by atoms with Crippen LogP contribution in [0.25, 0.3) is 0 Å². The minimum atomic E-state index is 0.529. The van der Waals surface area contributed by atoms with Crippen molar-refractivity contribution in [3.63, 3.8) is 0 Å². The van der Waals surface area contributed by atoms with Crippen molar-refractivity contribution in [3.05, 3.63) is 23.9 Å². The molecule has 1 saturated heterocycles. The van der Waals surface area contributed by atoms with E-state index in [1.165, 1.54) is 5.69 Å². The van der Waals surface area contributed by atoms with E-state index in [9.17, 15) is 0 Å². The van der Waals surface area contributed by atoms with Gasteiger partial charge < -0.3 is 9.64 Å². The number of nitrogens with zero attached hydrogens (tertiary/aromatic N) is 2. The van der Waals surface area contributed by atoms with Crippen LogP contribution in [-0.4, -0.2) is 31.3 Å². The Labute approximate surface area is 117 Å². The summed E-state index contributed by atoms with van der Waals surface area (Å²) >= 11 is 0. The summed E-state index contributed by atoms with van der Waals surface area (Å²) in [6.45, 7) is 12.7. The van der Waals surface area contributed by atoms with E-state index in [1.807, 2.05) is 0 Å². The van der Waals surface area contributed by atoms with Gasteiger partial charge in [0.2, 0.25) is 0 Å². The van der Waals surface area contributed by atoms with Crippen molar-refractivity contribution >= 4 is 5.82 Å². The Bertz CT molecular complexity index is 389. The molecule has 0 spiro atoms. The summed E-state index contributed by atoms with van der Waals surface area (Å²) in [5.74, 6) is 2.87. The van der Waals surface area contributed by atoms with Crippen molar-refractivity contribution in [1.29, 1.82) is 0 Å². The highest BCUT2D eigenvalue weighted by atomic mass is 16.5. The molecule has 1 aromatic heterocycles. The Balaban J connectivity index is 2.22. The summed E-state index contributed by atoms with van der Waals surface area (Å²) in [5, 5.41) is 0. The number of aromatic nitrogens is 1. The number of pyridine rings is 1. The number of ether oxygens (including phenoxy) is 1. The second-order valence-corrected chi connectivity index (χ2v) is 6.03. The molecule has 0 bridgehead atoms. The van der Waals surface area contributed by atoms with Crippen molar-refractivity contribution in [3.8, 4) is 0 Å². The predicted molar refractivity (Wildman–Crippen MR) is 79.7 cm³/mol. The monoisotopic (exact) mass is 262 g/mol. The predicted octanol–water partition coefficient (Wildman–Crippen LogP) is 3.31. The number of hydrogen-bond donors (Lipinski definition) is 0. The molecule has 0 aromatic carbocycles. The number of hydrogen-bond acceptors (Lipinski definition) is 3. The molecule has 1 aromatic rings. The van der Waals surface area contributed by atoms with Crippen LogP contribution in [0.15, 0.2) is 18.2 Å². The molecule has 0 N–H and O–H groups in total. The highest BCUT2D eigenvalue weighted by molar-refractivity contribution is 5.40. The van der Waals surface area contributed by atoms with Gasteiger partial charge >= 0.3 is 0 Å². The summed E-state index contributed by atoms with van der Waals surface area (Å²) in [4.78, 5) is 7.23. The molecule has 1 aliphatic rings. The maximum atomic E-state index is 5.41. The summed E-state index contributed by atoms with van der Waals surface area (Å²) in [6, 6.07) is 6.44.